The lowest BCUT2D eigenvalue weighted by Crippen LogP contribution is -2.31. The molecule has 0 aliphatic heterocycles. The lowest BCUT2D eigenvalue weighted by Gasteiger charge is -2.18. The summed E-state index contributed by atoms with van der Waals surface area (Å²) >= 11 is 7.42. The molecule has 3 rings (SSSR count). The molecular formula is C23H23ClN2O4S. The van der Waals surface area contributed by atoms with Gasteiger partial charge >= 0.3 is 5.97 Å². The highest BCUT2D eigenvalue weighted by Gasteiger charge is 2.20. The number of nitrogens with one attached hydrogen (secondary N) is 1. The number of rotatable bonds is 9. The van der Waals surface area contributed by atoms with Crippen molar-refractivity contribution in [3.63, 3.8) is 0 Å². The summed E-state index contributed by atoms with van der Waals surface area (Å²) in [6.45, 7) is 2.55. The molecule has 0 spiro atoms. The number of esters is 1. The predicted octanol–water partition coefficient (Wildman–Crippen LogP) is 4.83. The second-order valence-electron chi connectivity index (χ2n) is 6.73. The monoisotopic (exact) mass is 458 g/mol. The van der Waals surface area contributed by atoms with Gasteiger partial charge in [-0.15, -0.1) is 11.3 Å². The predicted molar refractivity (Wildman–Crippen MR) is 121 cm³/mol. The number of hydrogen-bond acceptors (Lipinski definition) is 6. The molecule has 31 heavy (non-hydrogen) atoms. The first-order chi connectivity index (χ1) is 15.0. The fourth-order valence-electron chi connectivity index (χ4n) is 2.99. The molecule has 0 fully saturated rings. The third-order valence-electron chi connectivity index (χ3n) is 4.51. The quantitative estimate of drug-likeness (QED) is 0.465. The zero-order chi connectivity index (χ0) is 22.2. The number of halogens is 1. The number of hydrogen-bond donors (Lipinski definition) is 1. The molecule has 0 saturated carbocycles. The van der Waals surface area contributed by atoms with Crippen molar-refractivity contribution in [3.05, 3.63) is 70.2 Å². The van der Waals surface area contributed by atoms with Crippen molar-refractivity contribution < 1.29 is 19.1 Å². The van der Waals surface area contributed by atoms with E-state index in [0.717, 1.165) is 21.9 Å². The van der Waals surface area contributed by atoms with Crippen LogP contribution in [0.1, 0.15) is 30.6 Å². The van der Waals surface area contributed by atoms with E-state index in [0.29, 0.717) is 17.3 Å². The first kappa shape index (κ1) is 22.8. The molecule has 1 N–H and O–H groups in total. The summed E-state index contributed by atoms with van der Waals surface area (Å²) < 4.78 is 10.2. The number of aromatic nitrogens is 1. The minimum absolute atomic E-state index is 0.0262. The smallest absolute Gasteiger partial charge is 0.307 e. The van der Waals surface area contributed by atoms with Crippen LogP contribution in [-0.2, 0) is 20.7 Å². The maximum Gasteiger partial charge on any atom is 0.307 e. The fourth-order valence-corrected chi connectivity index (χ4v) is 3.94. The molecule has 1 atom stereocenters. The summed E-state index contributed by atoms with van der Waals surface area (Å²) in [5.74, 6) is 0.167. The number of amides is 1. The number of carbonyl (C=O) groups is 2. The third-order valence-corrected chi connectivity index (χ3v) is 5.70. The average molecular weight is 459 g/mol. The Morgan fingerprint density at radius 2 is 1.84 bits per heavy atom. The molecule has 1 unspecified atom stereocenters. The van der Waals surface area contributed by atoms with E-state index < -0.39 is 12.0 Å². The minimum atomic E-state index is -0.513. The van der Waals surface area contributed by atoms with E-state index in [-0.39, 0.29) is 18.7 Å². The molecule has 3 aromatic rings. The SMILES string of the molecule is CCOc1ccc(-c2nc(CC(=O)NC(CC(=O)OC)c3ccc(Cl)cc3)cs2)cc1. The summed E-state index contributed by atoms with van der Waals surface area (Å²) in [6, 6.07) is 14.2. The first-order valence-corrected chi connectivity index (χ1v) is 11.0. The molecule has 1 heterocycles. The maximum absolute atomic E-state index is 12.7. The lowest BCUT2D eigenvalue weighted by atomic mass is 10.0. The summed E-state index contributed by atoms with van der Waals surface area (Å²) in [5.41, 5.74) is 2.40. The summed E-state index contributed by atoms with van der Waals surface area (Å²) in [5, 5.41) is 6.17. The van der Waals surface area contributed by atoms with Crippen LogP contribution in [0, 0.1) is 0 Å². The zero-order valence-corrected chi connectivity index (χ0v) is 18.8. The Bertz CT molecular complexity index is 1020. The largest absolute Gasteiger partial charge is 0.494 e. The van der Waals surface area contributed by atoms with E-state index in [1.54, 1.807) is 24.3 Å². The molecule has 162 valence electrons. The molecule has 1 amide bonds. The second-order valence-corrected chi connectivity index (χ2v) is 8.02. The van der Waals surface area contributed by atoms with Crippen molar-refractivity contribution in [1.29, 1.82) is 0 Å². The second kappa shape index (κ2) is 10.9. The molecule has 2 aromatic carbocycles. The molecule has 0 bridgehead atoms. The lowest BCUT2D eigenvalue weighted by molar-refractivity contribution is -0.141. The van der Waals surface area contributed by atoms with Gasteiger partial charge < -0.3 is 14.8 Å². The van der Waals surface area contributed by atoms with Gasteiger partial charge in [0.15, 0.2) is 0 Å². The van der Waals surface area contributed by atoms with Crippen LogP contribution in [0.15, 0.2) is 53.9 Å². The van der Waals surface area contributed by atoms with E-state index in [1.807, 2.05) is 36.6 Å². The average Bonchev–Trinajstić information content (AvgIpc) is 3.22. The highest BCUT2D eigenvalue weighted by Crippen LogP contribution is 2.26. The number of carbonyl (C=O) groups excluding carboxylic acids is 2. The molecule has 0 aliphatic rings. The van der Waals surface area contributed by atoms with Gasteiger partial charge in [-0.05, 0) is 48.9 Å². The zero-order valence-electron chi connectivity index (χ0n) is 17.3. The molecule has 0 radical (unpaired) electrons. The van der Waals surface area contributed by atoms with Crippen molar-refractivity contribution >= 4 is 34.8 Å². The van der Waals surface area contributed by atoms with Crippen LogP contribution < -0.4 is 10.1 Å². The summed E-state index contributed by atoms with van der Waals surface area (Å²) in [4.78, 5) is 29.0. The van der Waals surface area contributed by atoms with Gasteiger partial charge in [0.2, 0.25) is 5.91 Å². The van der Waals surface area contributed by atoms with Crippen LogP contribution >= 0.6 is 22.9 Å². The van der Waals surface area contributed by atoms with Crippen molar-refractivity contribution in [2.75, 3.05) is 13.7 Å². The Kier molecular flexibility index (Phi) is 8.03. The van der Waals surface area contributed by atoms with Gasteiger partial charge in [0.1, 0.15) is 10.8 Å². The molecule has 1 aromatic heterocycles. The Hall–Kier alpha value is -2.90. The Morgan fingerprint density at radius 3 is 2.48 bits per heavy atom. The van der Waals surface area contributed by atoms with Crippen LogP contribution in [0.25, 0.3) is 10.6 Å². The molecule has 6 nitrogen and oxygen atoms in total. The highest BCUT2D eigenvalue weighted by atomic mass is 35.5. The van der Waals surface area contributed by atoms with Crippen molar-refractivity contribution in [1.82, 2.24) is 10.3 Å². The third kappa shape index (κ3) is 6.54. The topological polar surface area (TPSA) is 77.5 Å². The van der Waals surface area contributed by atoms with Gasteiger partial charge in [-0.3, -0.25) is 9.59 Å². The van der Waals surface area contributed by atoms with Gasteiger partial charge in [-0.1, -0.05) is 23.7 Å². The molecular weight excluding hydrogens is 436 g/mol. The van der Waals surface area contributed by atoms with Crippen molar-refractivity contribution in [2.24, 2.45) is 0 Å². The van der Waals surface area contributed by atoms with Crippen LogP contribution in [0.2, 0.25) is 5.02 Å². The van der Waals surface area contributed by atoms with Gasteiger partial charge in [0.05, 0.1) is 38.3 Å². The Labute approximate surface area is 190 Å². The normalized spacial score (nSPS) is 11.6. The van der Waals surface area contributed by atoms with E-state index in [2.05, 4.69) is 10.3 Å². The van der Waals surface area contributed by atoms with Crippen molar-refractivity contribution in [3.8, 4) is 16.3 Å². The number of benzene rings is 2. The summed E-state index contributed by atoms with van der Waals surface area (Å²) in [6.07, 6.45) is 0.136. The van der Waals surface area contributed by atoms with E-state index in [1.165, 1.54) is 18.4 Å². The van der Waals surface area contributed by atoms with Gasteiger partial charge in [-0.25, -0.2) is 4.98 Å². The molecule has 0 aliphatic carbocycles. The minimum Gasteiger partial charge on any atom is -0.494 e. The molecule has 8 heteroatoms. The van der Waals surface area contributed by atoms with E-state index >= 15 is 0 Å². The molecule has 0 saturated heterocycles. The summed E-state index contributed by atoms with van der Waals surface area (Å²) in [7, 11) is 1.32. The van der Waals surface area contributed by atoms with Crippen LogP contribution in [0.5, 0.6) is 5.75 Å². The van der Waals surface area contributed by atoms with Gasteiger partial charge in [0, 0.05) is 16.0 Å². The van der Waals surface area contributed by atoms with E-state index in [4.69, 9.17) is 21.1 Å². The number of nitrogens with zero attached hydrogens (tertiary/aromatic N) is 1. The maximum atomic E-state index is 12.7. The van der Waals surface area contributed by atoms with E-state index in [9.17, 15) is 9.59 Å². The fraction of sp³-hybridized carbons (Fsp3) is 0.261. The number of thiazole rings is 1. The Balaban J connectivity index is 1.66. The van der Waals surface area contributed by atoms with Crippen LogP contribution in [0.4, 0.5) is 0 Å². The van der Waals surface area contributed by atoms with Gasteiger partial charge in [-0.2, -0.15) is 0 Å². The number of ether oxygens (including phenoxy) is 2. The van der Waals surface area contributed by atoms with Gasteiger partial charge in [0.25, 0.3) is 0 Å². The number of methoxy groups -OCH3 is 1. The highest BCUT2D eigenvalue weighted by molar-refractivity contribution is 7.13. The van der Waals surface area contributed by atoms with Crippen LogP contribution in [0.3, 0.4) is 0 Å². The first-order valence-electron chi connectivity index (χ1n) is 9.77. The Morgan fingerprint density at radius 1 is 1.13 bits per heavy atom. The standard InChI is InChI=1S/C23H23ClN2O4S/c1-3-30-19-10-6-16(7-11-19)23-25-18(14-31-23)12-21(27)26-20(13-22(28)29-2)15-4-8-17(24)9-5-15/h4-11,14,20H,3,12-13H2,1-2H3,(H,26,27). The van der Waals surface area contributed by atoms with Crippen molar-refractivity contribution in [2.45, 2.75) is 25.8 Å². The van der Waals surface area contributed by atoms with Crippen LogP contribution in [-0.4, -0.2) is 30.6 Å².